The van der Waals surface area contributed by atoms with E-state index >= 15 is 0 Å². The fourth-order valence-electron chi connectivity index (χ4n) is 4.86. The van der Waals surface area contributed by atoms with Gasteiger partial charge in [-0.05, 0) is 48.7 Å². The largest absolute Gasteiger partial charge is 0.497 e. The van der Waals surface area contributed by atoms with Crippen molar-refractivity contribution >= 4 is 23.8 Å². The number of hydrogen-bond donors (Lipinski definition) is 1. The zero-order valence-corrected chi connectivity index (χ0v) is 21.2. The van der Waals surface area contributed by atoms with Crippen molar-refractivity contribution in [2.75, 3.05) is 33.8 Å². The Morgan fingerprint density at radius 1 is 1.05 bits per heavy atom. The number of hydrogen-bond acceptors (Lipinski definition) is 5. The average Bonchev–Trinajstić information content (AvgIpc) is 3.08. The van der Waals surface area contributed by atoms with Crippen LogP contribution < -0.4 is 10.1 Å². The third-order valence-electron chi connectivity index (χ3n) is 7.12. The van der Waals surface area contributed by atoms with Crippen molar-refractivity contribution in [2.24, 2.45) is 0 Å². The highest BCUT2D eigenvalue weighted by atomic mass is 19.4. The van der Waals surface area contributed by atoms with Crippen LogP contribution in [-0.2, 0) is 22.3 Å². The van der Waals surface area contributed by atoms with Gasteiger partial charge in [0.1, 0.15) is 17.1 Å². The van der Waals surface area contributed by atoms with Crippen molar-refractivity contribution < 1.29 is 41.5 Å². The predicted octanol–water partition coefficient (Wildman–Crippen LogP) is 3.04. The Bertz CT molecular complexity index is 1290. The van der Waals surface area contributed by atoms with Crippen LogP contribution in [0, 0.1) is 5.82 Å². The Labute approximate surface area is 221 Å². The van der Waals surface area contributed by atoms with Crippen LogP contribution in [0.4, 0.5) is 22.4 Å². The predicted molar refractivity (Wildman–Crippen MR) is 129 cm³/mol. The molecule has 1 spiro atoms. The molecule has 2 aliphatic rings. The second kappa shape index (κ2) is 10.5. The van der Waals surface area contributed by atoms with Crippen LogP contribution in [0.2, 0.25) is 0 Å². The van der Waals surface area contributed by atoms with Gasteiger partial charge in [-0.2, -0.15) is 13.2 Å². The van der Waals surface area contributed by atoms with Gasteiger partial charge in [0.2, 0.25) is 5.91 Å². The molecular formula is C26H26F4N4O5. The number of nitrogens with zero attached hydrogens (tertiary/aromatic N) is 3. The number of likely N-dealkylation sites (tertiary alicyclic amines) is 1. The van der Waals surface area contributed by atoms with Gasteiger partial charge in [-0.3, -0.25) is 19.3 Å². The van der Waals surface area contributed by atoms with Crippen molar-refractivity contribution in [2.45, 2.75) is 31.1 Å². The van der Waals surface area contributed by atoms with Gasteiger partial charge in [0.15, 0.2) is 0 Å². The Hall–Kier alpha value is -4.16. The summed E-state index contributed by atoms with van der Waals surface area (Å²) in [5.74, 6) is -2.61. The van der Waals surface area contributed by atoms with Crippen LogP contribution in [0.5, 0.6) is 5.75 Å². The Morgan fingerprint density at radius 2 is 1.69 bits per heavy atom. The van der Waals surface area contributed by atoms with Gasteiger partial charge in [0.05, 0.1) is 24.8 Å². The molecule has 2 aliphatic heterocycles. The molecule has 1 N–H and O–H groups in total. The van der Waals surface area contributed by atoms with Crippen LogP contribution in [0.25, 0.3) is 0 Å². The lowest BCUT2D eigenvalue weighted by Crippen LogP contribution is -2.57. The van der Waals surface area contributed by atoms with Gasteiger partial charge >= 0.3 is 12.2 Å². The third kappa shape index (κ3) is 5.38. The number of imide groups is 1. The number of carbonyl (C=O) groups excluding carboxylic acids is 4. The maximum absolute atomic E-state index is 14.0. The quantitative estimate of drug-likeness (QED) is 0.441. The van der Waals surface area contributed by atoms with Gasteiger partial charge in [-0.15, -0.1) is 0 Å². The van der Waals surface area contributed by atoms with Gasteiger partial charge in [0, 0.05) is 26.7 Å². The van der Waals surface area contributed by atoms with Gasteiger partial charge in [0.25, 0.3) is 11.8 Å². The lowest BCUT2D eigenvalue weighted by atomic mass is 9.85. The standard InChI is InChI=1S/C26H26F4N4O5/c1-32-23(37)25(34(24(32)38)15-16-3-6-18(39-2)7-4-16)9-11-33(12-10-25)21(35)14-31-22(36)19-13-17(26(28,29)30)5-8-20(19)27/h3-8,13H,9-12,14-15H2,1-2H3,(H,31,36). The SMILES string of the molecule is COc1ccc(CN2C(=O)N(C)C(=O)C23CCN(C(=O)CNC(=O)c2cc(C(F)(F)F)ccc2F)CC3)cc1. The van der Waals surface area contributed by atoms with E-state index in [-0.39, 0.29) is 38.4 Å². The van der Waals surface area contributed by atoms with Crippen molar-refractivity contribution in [3.63, 3.8) is 0 Å². The highest BCUT2D eigenvalue weighted by Crippen LogP contribution is 2.38. The summed E-state index contributed by atoms with van der Waals surface area (Å²) in [4.78, 5) is 55.1. The molecule has 0 aromatic heterocycles. The number of alkyl halides is 3. The fraction of sp³-hybridized carbons (Fsp3) is 0.385. The third-order valence-corrected chi connectivity index (χ3v) is 7.12. The summed E-state index contributed by atoms with van der Waals surface area (Å²) < 4.78 is 57.9. The number of methoxy groups -OCH3 is 1. The zero-order chi connectivity index (χ0) is 28.5. The Morgan fingerprint density at radius 3 is 2.28 bits per heavy atom. The molecule has 0 unspecified atom stereocenters. The topological polar surface area (TPSA) is 99.3 Å². The van der Waals surface area contributed by atoms with Crippen LogP contribution in [-0.4, -0.2) is 77.8 Å². The summed E-state index contributed by atoms with van der Waals surface area (Å²) in [5, 5.41) is 2.16. The first-order chi connectivity index (χ1) is 18.4. The molecule has 0 radical (unpaired) electrons. The van der Waals surface area contributed by atoms with Crippen LogP contribution in [0.3, 0.4) is 0 Å². The van der Waals surface area contributed by atoms with E-state index in [4.69, 9.17) is 4.74 Å². The number of benzene rings is 2. The minimum atomic E-state index is -4.77. The number of rotatable bonds is 6. The number of ether oxygens (including phenoxy) is 1. The first-order valence-corrected chi connectivity index (χ1v) is 12.0. The number of likely N-dealkylation sites (N-methyl/N-ethyl adjacent to an activating group) is 1. The van der Waals surface area contributed by atoms with Crippen molar-refractivity contribution in [1.29, 1.82) is 0 Å². The normalized spacial score (nSPS) is 17.1. The van der Waals surface area contributed by atoms with E-state index in [2.05, 4.69) is 5.32 Å². The molecule has 2 heterocycles. The number of amides is 5. The first kappa shape index (κ1) is 27.9. The molecule has 9 nitrogen and oxygen atoms in total. The molecule has 13 heteroatoms. The number of nitrogens with one attached hydrogen (secondary N) is 1. The Kier molecular flexibility index (Phi) is 7.53. The number of halogens is 4. The maximum Gasteiger partial charge on any atom is 0.416 e. The highest BCUT2D eigenvalue weighted by molar-refractivity contribution is 6.07. The minimum absolute atomic E-state index is 0.0958. The molecule has 2 fully saturated rings. The first-order valence-electron chi connectivity index (χ1n) is 12.0. The molecule has 39 heavy (non-hydrogen) atoms. The monoisotopic (exact) mass is 550 g/mol. The average molecular weight is 551 g/mol. The van der Waals surface area contributed by atoms with Gasteiger partial charge in [-0.1, -0.05) is 12.1 Å². The maximum atomic E-state index is 14.0. The minimum Gasteiger partial charge on any atom is -0.497 e. The summed E-state index contributed by atoms with van der Waals surface area (Å²) in [7, 11) is 2.94. The van der Waals surface area contributed by atoms with Gasteiger partial charge in [-0.25, -0.2) is 9.18 Å². The lowest BCUT2D eigenvalue weighted by molar-refractivity contribution is -0.140. The lowest BCUT2D eigenvalue weighted by Gasteiger charge is -2.42. The second-order valence-corrected chi connectivity index (χ2v) is 9.37. The fourth-order valence-corrected chi connectivity index (χ4v) is 4.86. The van der Waals surface area contributed by atoms with Crippen molar-refractivity contribution in [3.8, 4) is 5.75 Å². The summed E-state index contributed by atoms with van der Waals surface area (Å²) >= 11 is 0. The van der Waals surface area contributed by atoms with E-state index in [1.54, 1.807) is 24.3 Å². The van der Waals surface area contributed by atoms with Crippen molar-refractivity contribution in [1.82, 2.24) is 20.0 Å². The second-order valence-electron chi connectivity index (χ2n) is 9.37. The van der Waals surface area contributed by atoms with E-state index < -0.39 is 53.0 Å². The van der Waals surface area contributed by atoms with Crippen LogP contribution >= 0.6 is 0 Å². The number of piperidine rings is 1. The smallest absolute Gasteiger partial charge is 0.416 e. The number of urea groups is 1. The number of carbonyl (C=O) groups is 4. The summed E-state index contributed by atoms with van der Waals surface area (Å²) in [6.07, 6.45) is -4.46. The zero-order valence-electron chi connectivity index (χ0n) is 21.2. The van der Waals surface area contributed by atoms with E-state index in [9.17, 15) is 36.7 Å². The van der Waals surface area contributed by atoms with Crippen LogP contribution in [0.1, 0.15) is 34.3 Å². The molecule has 0 atom stereocenters. The molecule has 208 valence electrons. The van der Waals surface area contributed by atoms with Gasteiger partial charge < -0.3 is 19.9 Å². The molecule has 0 bridgehead atoms. The molecular weight excluding hydrogens is 524 g/mol. The van der Waals surface area contributed by atoms with E-state index in [1.807, 2.05) is 0 Å². The molecule has 4 rings (SSSR count). The van der Waals surface area contributed by atoms with E-state index in [0.717, 1.165) is 10.5 Å². The summed E-state index contributed by atoms with van der Waals surface area (Å²) in [6, 6.07) is 8.06. The summed E-state index contributed by atoms with van der Waals surface area (Å²) in [6.45, 7) is -0.216. The highest BCUT2D eigenvalue weighted by Gasteiger charge is 2.57. The molecule has 0 saturated carbocycles. The van der Waals surface area contributed by atoms with Crippen LogP contribution in [0.15, 0.2) is 42.5 Å². The molecule has 2 aromatic rings. The molecule has 5 amide bonds. The van der Waals surface area contributed by atoms with E-state index in [1.165, 1.54) is 24.0 Å². The molecule has 0 aliphatic carbocycles. The Balaban J connectivity index is 1.40. The molecule has 2 aromatic carbocycles. The van der Waals surface area contributed by atoms with Crippen molar-refractivity contribution in [3.05, 3.63) is 65.0 Å². The molecule has 2 saturated heterocycles. The summed E-state index contributed by atoms with van der Waals surface area (Å²) in [5.41, 5.74) is -2.38. The van der Waals surface area contributed by atoms with E-state index in [0.29, 0.717) is 23.9 Å².